The number of benzene rings is 1. The van der Waals surface area contributed by atoms with E-state index in [1.54, 1.807) is 12.1 Å². The summed E-state index contributed by atoms with van der Waals surface area (Å²) in [5.41, 5.74) is 1.37. The molecule has 0 radical (unpaired) electrons. The van der Waals surface area contributed by atoms with Gasteiger partial charge in [-0.1, -0.05) is 12.1 Å². The quantitative estimate of drug-likeness (QED) is 0.743. The predicted molar refractivity (Wildman–Crippen MR) is 97.0 cm³/mol. The fourth-order valence-corrected chi connectivity index (χ4v) is 3.20. The number of amides is 2. The van der Waals surface area contributed by atoms with Gasteiger partial charge in [-0.05, 0) is 76.0 Å². The number of alkyl carbamates (subject to hydrolysis) is 1. The maximum Gasteiger partial charge on any atom is 0.409 e. The fourth-order valence-electron chi connectivity index (χ4n) is 3.20. The molecule has 6 heteroatoms. The molecule has 0 bridgehead atoms. The summed E-state index contributed by atoms with van der Waals surface area (Å²) in [6, 6.07) is 7.60. The third-order valence-electron chi connectivity index (χ3n) is 4.41. The minimum absolute atomic E-state index is 0.351. The molecular formula is C19H28N2O4. The Kier molecular flexibility index (Phi) is 6.28. The Morgan fingerprint density at radius 1 is 1.12 bits per heavy atom. The molecule has 3 N–H and O–H groups in total. The predicted octanol–water partition coefficient (Wildman–Crippen LogP) is 4.58. The number of hydrogen-bond donors (Lipinski definition) is 3. The van der Waals surface area contributed by atoms with Gasteiger partial charge in [0, 0.05) is 12.2 Å². The molecule has 0 unspecified atom stereocenters. The molecule has 0 saturated heterocycles. The smallest absolute Gasteiger partial charge is 0.409 e. The highest BCUT2D eigenvalue weighted by molar-refractivity contribution is 5.82. The summed E-state index contributed by atoms with van der Waals surface area (Å²) in [6.07, 6.45) is 2.88. The van der Waals surface area contributed by atoms with Crippen molar-refractivity contribution in [2.45, 2.75) is 58.0 Å². The van der Waals surface area contributed by atoms with Gasteiger partial charge in [-0.15, -0.1) is 0 Å². The molecule has 1 aliphatic carbocycles. The molecule has 1 fully saturated rings. The summed E-state index contributed by atoms with van der Waals surface area (Å²) in [5, 5.41) is 13.9. The van der Waals surface area contributed by atoms with Gasteiger partial charge in [0.15, 0.2) is 0 Å². The molecule has 0 atom stereocenters. The van der Waals surface area contributed by atoms with E-state index in [1.807, 2.05) is 32.9 Å². The zero-order chi connectivity index (χ0) is 18.4. The minimum atomic E-state index is -1.05. The molecule has 1 aliphatic rings. The molecule has 0 spiro atoms. The van der Waals surface area contributed by atoms with Gasteiger partial charge in [0.05, 0.1) is 0 Å². The number of rotatable bonds is 4. The highest BCUT2D eigenvalue weighted by Crippen LogP contribution is 2.35. The first kappa shape index (κ1) is 19.1. The molecule has 2 rings (SSSR count). The third kappa shape index (κ3) is 6.64. The molecular weight excluding hydrogens is 320 g/mol. The molecule has 2 amide bonds. The summed E-state index contributed by atoms with van der Waals surface area (Å²) in [5.74, 6) is 0.980. The van der Waals surface area contributed by atoms with Crippen molar-refractivity contribution in [2.75, 3.05) is 11.9 Å². The summed E-state index contributed by atoms with van der Waals surface area (Å²) in [7, 11) is 0. The zero-order valence-corrected chi connectivity index (χ0v) is 15.2. The number of nitrogens with one attached hydrogen (secondary N) is 2. The second-order valence-corrected chi connectivity index (χ2v) is 7.65. The van der Waals surface area contributed by atoms with E-state index in [1.165, 1.54) is 5.56 Å². The lowest BCUT2D eigenvalue weighted by molar-refractivity contribution is 0.0514. The fraction of sp³-hybridized carbons (Fsp3) is 0.579. The SMILES string of the molecule is CC(C)(C)OC(=O)NC[C@H]1CC[C@H](c2ccc(NC(=O)O)cc2)CC1. The van der Waals surface area contributed by atoms with E-state index in [0.717, 1.165) is 25.7 Å². The van der Waals surface area contributed by atoms with Crippen LogP contribution in [0.15, 0.2) is 24.3 Å². The van der Waals surface area contributed by atoms with Crippen molar-refractivity contribution in [1.82, 2.24) is 5.32 Å². The molecule has 0 aliphatic heterocycles. The average molecular weight is 348 g/mol. The number of carbonyl (C=O) groups excluding carboxylic acids is 1. The van der Waals surface area contributed by atoms with E-state index in [2.05, 4.69) is 10.6 Å². The average Bonchev–Trinajstić information content (AvgIpc) is 2.52. The van der Waals surface area contributed by atoms with Crippen LogP contribution in [-0.2, 0) is 4.74 Å². The van der Waals surface area contributed by atoms with Gasteiger partial charge in [-0.3, -0.25) is 5.32 Å². The standard InChI is InChI=1S/C19H28N2O4/c1-19(2,3)25-18(24)20-12-13-4-6-14(7-5-13)15-8-10-16(11-9-15)21-17(22)23/h8-11,13-14,21H,4-7,12H2,1-3H3,(H,20,24)(H,22,23)/t13-,14-. The summed E-state index contributed by atoms with van der Waals surface area (Å²) >= 11 is 0. The topological polar surface area (TPSA) is 87.7 Å². The molecule has 1 saturated carbocycles. The van der Waals surface area contributed by atoms with E-state index < -0.39 is 11.7 Å². The normalized spacial score (nSPS) is 20.6. The van der Waals surface area contributed by atoms with Crippen LogP contribution in [0.25, 0.3) is 0 Å². The van der Waals surface area contributed by atoms with Crippen LogP contribution in [0.3, 0.4) is 0 Å². The van der Waals surface area contributed by atoms with Gasteiger partial charge in [0.25, 0.3) is 0 Å². The Morgan fingerprint density at radius 2 is 1.72 bits per heavy atom. The number of carboxylic acid groups (broad SMARTS) is 1. The van der Waals surface area contributed by atoms with Gasteiger partial charge in [-0.2, -0.15) is 0 Å². The van der Waals surface area contributed by atoms with Crippen molar-refractivity contribution in [3.05, 3.63) is 29.8 Å². The summed E-state index contributed by atoms with van der Waals surface area (Å²) in [4.78, 5) is 22.3. The van der Waals surface area contributed by atoms with Crippen LogP contribution in [0.4, 0.5) is 15.3 Å². The lowest BCUT2D eigenvalue weighted by Gasteiger charge is -2.29. The van der Waals surface area contributed by atoms with Gasteiger partial charge < -0.3 is 15.2 Å². The Hall–Kier alpha value is -2.24. The summed E-state index contributed by atoms with van der Waals surface area (Å²) in [6.45, 7) is 6.22. The highest BCUT2D eigenvalue weighted by atomic mass is 16.6. The molecule has 25 heavy (non-hydrogen) atoms. The zero-order valence-electron chi connectivity index (χ0n) is 15.2. The van der Waals surface area contributed by atoms with Gasteiger partial charge in [0.1, 0.15) is 5.60 Å². The van der Waals surface area contributed by atoms with E-state index in [0.29, 0.717) is 24.1 Å². The Balaban J connectivity index is 1.76. The van der Waals surface area contributed by atoms with Crippen molar-refractivity contribution in [2.24, 2.45) is 5.92 Å². The third-order valence-corrected chi connectivity index (χ3v) is 4.41. The van der Waals surface area contributed by atoms with Crippen LogP contribution >= 0.6 is 0 Å². The summed E-state index contributed by atoms with van der Waals surface area (Å²) < 4.78 is 5.26. The van der Waals surface area contributed by atoms with E-state index in [-0.39, 0.29) is 6.09 Å². The maximum absolute atomic E-state index is 11.7. The number of ether oxygens (including phenoxy) is 1. The number of carbonyl (C=O) groups is 2. The van der Waals surface area contributed by atoms with Crippen molar-refractivity contribution < 1.29 is 19.4 Å². The van der Waals surface area contributed by atoms with Gasteiger partial charge in [0.2, 0.25) is 0 Å². The van der Waals surface area contributed by atoms with E-state index in [9.17, 15) is 9.59 Å². The molecule has 0 aromatic heterocycles. The Labute approximate surface area is 149 Å². The van der Waals surface area contributed by atoms with Crippen LogP contribution in [0.2, 0.25) is 0 Å². The van der Waals surface area contributed by atoms with E-state index in [4.69, 9.17) is 9.84 Å². The molecule has 138 valence electrons. The number of hydrogen-bond acceptors (Lipinski definition) is 3. The van der Waals surface area contributed by atoms with Crippen LogP contribution in [0.5, 0.6) is 0 Å². The molecule has 1 aromatic rings. The minimum Gasteiger partial charge on any atom is -0.465 e. The molecule has 1 aromatic carbocycles. The monoisotopic (exact) mass is 348 g/mol. The van der Waals surface area contributed by atoms with Crippen molar-refractivity contribution >= 4 is 17.9 Å². The van der Waals surface area contributed by atoms with Crippen molar-refractivity contribution in [1.29, 1.82) is 0 Å². The molecule has 6 nitrogen and oxygen atoms in total. The lowest BCUT2D eigenvalue weighted by Crippen LogP contribution is -2.36. The maximum atomic E-state index is 11.7. The van der Waals surface area contributed by atoms with Crippen LogP contribution in [0.1, 0.15) is 57.9 Å². The van der Waals surface area contributed by atoms with Crippen molar-refractivity contribution in [3.63, 3.8) is 0 Å². The lowest BCUT2D eigenvalue weighted by atomic mass is 9.78. The Morgan fingerprint density at radius 3 is 2.24 bits per heavy atom. The second kappa shape index (κ2) is 8.23. The Bertz CT molecular complexity index is 584. The van der Waals surface area contributed by atoms with Gasteiger partial charge >= 0.3 is 12.2 Å². The van der Waals surface area contributed by atoms with Crippen LogP contribution in [0, 0.1) is 5.92 Å². The van der Waals surface area contributed by atoms with Crippen LogP contribution in [-0.4, -0.2) is 29.4 Å². The largest absolute Gasteiger partial charge is 0.465 e. The van der Waals surface area contributed by atoms with Crippen molar-refractivity contribution in [3.8, 4) is 0 Å². The van der Waals surface area contributed by atoms with Crippen LogP contribution < -0.4 is 10.6 Å². The second-order valence-electron chi connectivity index (χ2n) is 7.65. The number of anilines is 1. The first-order chi connectivity index (χ1) is 11.7. The van der Waals surface area contributed by atoms with Gasteiger partial charge in [-0.25, -0.2) is 9.59 Å². The molecule has 0 heterocycles. The van der Waals surface area contributed by atoms with E-state index >= 15 is 0 Å². The first-order valence-corrected chi connectivity index (χ1v) is 8.79. The highest BCUT2D eigenvalue weighted by Gasteiger charge is 2.23. The first-order valence-electron chi connectivity index (χ1n) is 8.79.